The van der Waals surface area contributed by atoms with Crippen LogP contribution in [-0.4, -0.2) is 14.2 Å². The summed E-state index contributed by atoms with van der Waals surface area (Å²) in [6.07, 6.45) is 0. The molecule has 104 valence electrons. The van der Waals surface area contributed by atoms with Gasteiger partial charge in [-0.2, -0.15) is 8.42 Å². The van der Waals surface area contributed by atoms with E-state index in [1.165, 1.54) is 37.3 Å². The van der Waals surface area contributed by atoms with Crippen LogP contribution in [0.25, 0.3) is 0 Å². The van der Waals surface area contributed by atoms with Crippen molar-refractivity contribution in [3.63, 3.8) is 0 Å². The highest BCUT2D eigenvalue weighted by atomic mass is 79.9. The normalized spacial score (nSPS) is 11.1. The zero-order valence-corrected chi connectivity index (χ0v) is 12.9. The second-order valence-corrected chi connectivity index (χ2v) is 6.42. The van der Waals surface area contributed by atoms with Crippen molar-refractivity contribution in [2.75, 3.05) is 0 Å². The standard InChI is InChI=1S/C14H11BrO4S/c1-10(16)11-6-8-12(9-7-11)19-20(17,18)14-5-3-2-4-13(14)15/h2-9H,1H3. The Morgan fingerprint density at radius 2 is 1.65 bits per heavy atom. The van der Waals surface area contributed by atoms with E-state index in [0.29, 0.717) is 10.0 Å². The highest BCUT2D eigenvalue weighted by Crippen LogP contribution is 2.25. The van der Waals surface area contributed by atoms with E-state index in [1.54, 1.807) is 18.2 Å². The molecular formula is C14H11BrO4S. The van der Waals surface area contributed by atoms with Crippen molar-refractivity contribution in [3.8, 4) is 5.75 Å². The van der Waals surface area contributed by atoms with Gasteiger partial charge in [0.15, 0.2) is 5.78 Å². The molecule has 6 heteroatoms. The van der Waals surface area contributed by atoms with Crippen LogP contribution in [0.4, 0.5) is 0 Å². The van der Waals surface area contributed by atoms with Crippen LogP contribution in [0.15, 0.2) is 57.9 Å². The molecule has 2 rings (SSSR count). The van der Waals surface area contributed by atoms with Crippen LogP contribution in [0.2, 0.25) is 0 Å². The molecule has 20 heavy (non-hydrogen) atoms. The predicted molar refractivity (Wildman–Crippen MR) is 78.4 cm³/mol. The van der Waals surface area contributed by atoms with Crippen LogP contribution in [0.5, 0.6) is 5.75 Å². The Morgan fingerprint density at radius 1 is 1.05 bits per heavy atom. The van der Waals surface area contributed by atoms with E-state index >= 15 is 0 Å². The van der Waals surface area contributed by atoms with Crippen molar-refractivity contribution in [2.45, 2.75) is 11.8 Å². The van der Waals surface area contributed by atoms with Gasteiger partial charge in [0.2, 0.25) is 0 Å². The fraction of sp³-hybridized carbons (Fsp3) is 0.0714. The third-order valence-electron chi connectivity index (χ3n) is 2.57. The Morgan fingerprint density at radius 3 is 2.20 bits per heavy atom. The van der Waals surface area contributed by atoms with E-state index in [9.17, 15) is 13.2 Å². The molecule has 2 aromatic rings. The van der Waals surface area contributed by atoms with Crippen molar-refractivity contribution >= 4 is 31.8 Å². The minimum Gasteiger partial charge on any atom is -0.379 e. The third kappa shape index (κ3) is 3.26. The molecule has 0 heterocycles. The second-order valence-electron chi connectivity index (χ2n) is 4.05. The van der Waals surface area contributed by atoms with Gasteiger partial charge in [0.1, 0.15) is 10.6 Å². The van der Waals surface area contributed by atoms with E-state index in [-0.39, 0.29) is 16.4 Å². The Balaban J connectivity index is 2.29. The van der Waals surface area contributed by atoms with E-state index in [0.717, 1.165) is 0 Å². The number of carbonyl (C=O) groups excluding carboxylic acids is 1. The number of ketones is 1. The van der Waals surface area contributed by atoms with Crippen LogP contribution >= 0.6 is 15.9 Å². The number of benzene rings is 2. The van der Waals surface area contributed by atoms with Gasteiger partial charge in [0, 0.05) is 10.0 Å². The molecule has 2 aromatic carbocycles. The molecular weight excluding hydrogens is 344 g/mol. The van der Waals surface area contributed by atoms with Gasteiger partial charge in [-0.15, -0.1) is 0 Å². The van der Waals surface area contributed by atoms with Gasteiger partial charge in [0.25, 0.3) is 0 Å². The fourth-order valence-electron chi connectivity index (χ4n) is 1.56. The molecule has 0 fully saturated rings. The highest BCUT2D eigenvalue weighted by Gasteiger charge is 2.19. The SMILES string of the molecule is CC(=O)c1ccc(OS(=O)(=O)c2ccccc2Br)cc1. The van der Waals surface area contributed by atoms with Crippen LogP contribution in [0, 0.1) is 0 Å². The van der Waals surface area contributed by atoms with Gasteiger partial charge in [0.05, 0.1) is 0 Å². The maximum atomic E-state index is 12.1. The fourth-order valence-corrected chi connectivity index (χ4v) is 3.45. The molecule has 0 spiro atoms. The number of hydrogen-bond donors (Lipinski definition) is 0. The summed E-state index contributed by atoms with van der Waals surface area (Å²) < 4.78 is 29.7. The lowest BCUT2D eigenvalue weighted by Crippen LogP contribution is -2.10. The van der Waals surface area contributed by atoms with Crippen LogP contribution < -0.4 is 4.18 Å². The van der Waals surface area contributed by atoms with Gasteiger partial charge >= 0.3 is 10.1 Å². The average molecular weight is 355 g/mol. The summed E-state index contributed by atoms with van der Waals surface area (Å²) in [6.45, 7) is 1.44. The van der Waals surface area contributed by atoms with Gasteiger partial charge in [-0.05, 0) is 59.3 Å². The molecule has 0 aromatic heterocycles. The Labute approximate surface area is 125 Å². The number of hydrogen-bond acceptors (Lipinski definition) is 4. The van der Waals surface area contributed by atoms with Crippen molar-refractivity contribution in [3.05, 3.63) is 58.6 Å². The lowest BCUT2D eigenvalue weighted by molar-refractivity contribution is 0.101. The molecule has 4 nitrogen and oxygen atoms in total. The van der Waals surface area contributed by atoms with Gasteiger partial charge in [-0.25, -0.2) is 0 Å². The van der Waals surface area contributed by atoms with Gasteiger partial charge in [-0.1, -0.05) is 12.1 Å². The highest BCUT2D eigenvalue weighted by molar-refractivity contribution is 9.10. The van der Waals surface area contributed by atoms with Gasteiger partial charge < -0.3 is 4.18 Å². The Kier molecular flexibility index (Phi) is 4.25. The largest absolute Gasteiger partial charge is 0.379 e. The van der Waals surface area contributed by atoms with E-state index in [1.807, 2.05) is 0 Å². The summed E-state index contributed by atoms with van der Waals surface area (Å²) in [5.74, 6) is 0.0657. The summed E-state index contributed by atoms with van der Waals surface area (Å²) >= 11 is 3.17. The zero-order valence-electron chi connectivity index (χ0n) is 10.5. The van der Waals surface area contributed by atoms with Gasteiger partial charge in [-0.3, -0.25) is 4.79 Å². The topological polar surface area (TPSA) is 60.4 Å². The molecule has 0 amide bonds. The summed E-state index contributed by atoms with van der Waals surface area (Å²) in [7, 11) is -3.91. The molecule has 0 aliphatic heterocycles. The first-order valence-electron chi connectivity index (χ1n) is 5.70. The Bertz CT molecular complexity index is 736. The van der Waals surface area contributed by atoms with Crippen molar-refractivity contribution in [1.82, 2.24) is 0 Å². The van der Waals surface area contributed by atoms with Crippen molar-refractivity contribution in [1.29, 1.82) is 0 Å². The minimum absolute atomic E-state index is 0.0515. The number of Topliss-reactive ketones (excluding diaryl/α,β-unsaturated/α-hetero) is 1. The van der Waals surface area contributed by atoms with E-state index in [2.05, 4.69) is 15.9 Å². The summed E-state index contributed by atoms with van der Waals surface area (Å²) in [5, 5.41) is 0. The third-order valence-corrected chi connectivity index (χ3v) is 4.83. The Hall–Kier alpha value is -1.66. The molecule has 0 atom stereocenters. The van der Waals surface area contributed by atoms with Crippen molar-refractivity contribution < 1.29 is 17.4 Å². The first-order chi connectivity index (χ1) is 9.40. The maximum Gasteiger partial charge on any atom is 0.340 e. The maximum absolute atomic E-state index is 12.1. The van der Waals surface area contributed by atoms with Crippen LogP contribution in [0.3, 0.4) is 0 Å². The first-order valence-corrected chi connectivity index (χ1v) is 7.90. The first kappa shape index (κ1) is 14.7. The molecule has 0 aliphatic carbocycles. The monoisotopic (exact) mass is 354 g/mol. The lowest BCUT2D eigenvalue weighted by Gasteiger charge is -2.08. The average Bonchev–Trinajstić information content (AvgIpc) is 2.39. The zero-order chi connectivity index (χ0) is 14.8. The van der Waals surface area contributed by atoms with E-state index < -0.39 is 10.1 Å². The molecule has 0 saturated heterocycles. The molecule has 0 saturated carbocycles. The molecule has 0 bridgehead atoms. The minimum atomic E-state index is -3.91. The van der Waals surface area contributed by atoms with Crippen molar-refractivity contribution in [2.24, 2.45) is 0 Å². The molecule has 0 unspecified atom stereocenters. The molecule has 0 N–H and O–H groups in total. The second kappa shape index (κ2) is 5.76. The molecule has 0 aliphatic rings. The predicted octanol–water partition coefficient (Wildman–Crippen LogP) is 3.42. The number of halogens is 1. The summed E-state index contributed by atoms with van der Waals surface area (Å²) in [4.78, 5) is 11.2. The van der Waals surface area contributed by atoms with Crippen LogP contribution in [0.1, 0.15) is 17.3 Å². The quantitative estimate of drug-likeness (QED) is 0.623. The number of carbonyl (C=O) groups is 1. The lowest BCUT2D eigenvalue weighted by atomic mass is 10.1. The van der Waals surface area contributed by atoms with Crippen LogP contribution in [-0.2, 0) is 10.1 Å². The molecule has 0 radical (unpaired) electrons. The number of rotatable bonds is 4. The van der Waals surface area contributed by atoms with E-state index in [4.69, 9.17) is 4.18 Å². The summed E-state index contributed by atoms with van der Waals surface area (Å²) in [6, 6.07) is 12.3. The summed E-state index contributed by atoms with van der Waals surface area (Å²) in [5.41, 5.74) is 0.496. The smallest absolute Gasteiger partial charge is 0.340 e.